The van der Waals surface area contributed by atoms with Gasteiger partial charge in [0, 0.05) is 12.6 Å². The fourth-order valence-electron chi connectivity index (χ4n) is 1.42. The van der Waals surface area contributed by atoms with Gasteiger partial charge in [-0.05, 0) is 23.3 Å². The van der Waals surface area contributed by atoms with Gasteiger partial charge in [0.2, 0.25) is 0 Å². The van der Waals surface area contributed by atoms with Gasteiger partial charge in [-0.15, -0.1) is 0 Å². The Morgan fingerprint density at radius 3 is 3.00 bits per heavy atom. The van der Waals surface area contributed by atoms with Gasteiger partial charge in [0.1, 0.15) is 5.69 Å². The molecular weight excluding hydrogens is 192 g/mol. The summed E-state index contributed by atoms with van der Waals surface area (Å²) in [4.78, 5) is 15.0. The van der Waals surface area contributed by atoms with Crippen molar-refractivity contribution >= 4 is 5.91 Å². The van der Waals surface area contributed by atoms with Gasteiger partial charge in [-0.25, -0.2) is 0 Å². The Kier molecular flexibility index (Phi) is 2.49. The van der Waals surface area contributed by atoms with E-state index in [-0.39, 0.29) is 0 Å². The van der Waals surface area contributed by atoms with Crippen LogP contribution in [0.4, 0.5) is 0 Å². The largest absolute Gasteiger partial charge is 0.472 e. The van der Waals surface area contributed by atoms with Gasteiger partial charge in [-0.2, -0.15) is 0 Å². The highest BCUT2D eigenvalue weighted by Gasteiger charge is 2.09. The van der Waals surface area contributed by atoms with Crippen LogP contribution in [0.5, 0.6) is 0 Å². The number of nitrogens with zero attached hydrogens (tertiary/aromatic N) is 1. The molecule has 0 unspecified atom stereocenters. The van der Waals surface area contributed by atoms with E-state index >= 15 is 0 Å². The molecule has 0 aromatic carbocycles. The SMILES string of the molecule is NC(=O)c1ncccc1Cc1ccoc1. The molecular formula is C11H10N2O2. The lowest BCUT2D eigenvalue weighted by molar-refractivity contribution is 0.0994. The summed E-state index contributed by atoms with van der Waals surface area (Å²) in [6.07, 6.45) is 5.38. The second kappa shape index (κ2) is 3.96. The third-order valence-electron chi connectivity index (χ3n) is 2.10. The maximum Gasteiger partial charge on any atom is 0.267 e. The van der Waals surface area contributed by atoms with Crippen LogP contribution in [0, 0.1) is 0 Å². The molecule has 0 aliphatic rings. The predicted molar refractivity (Wildman–Crippen MR) is 54.3 cm³/mol. The maximum atomic E-state index is 11.1. The average molecular weight is 202 g/mol. The van der Waals surface area contributed by atoms with E-state index in [2.05, 4.69) is 4.98 Å². The van der Waals surface area contributed by atoms with Gasteiger partial charge < -0.3 is 10.2 Å². The first-order chi connectivity index (χ1) is 7.27. The minimum Gasteiger partial charge on any atom is -0.472 e. The first-order valence-electron chi connectivity index (χ1n) is 4.52. The van der Waals surface area contributed by atoms with Crippen molar-refractivity contribution in [2.75, 3.05) is 0 Å². The molecule has 0 fully saturated rings. The Labute approximate surface area is 86.7 Å². The number of hydrogen-bond acceptors (Lipinski definition) is 3. The van der Waals surface area contributed by atoms with Crippen molar-refractivity contribution < 1.29 is 9.21 Å². The van der Waals surface area contributed by atoms with Crippen molar-refractivity contribution in [1.82, 2.24) is 4.98 Å². The lowest BCUT2D eigenvalue weighted by Gasteiger charge is -2.02. The number of primary amides is 1. The number of carbonyl (C=O) groups is 1. The van der Waals surface area contributed by atoms with E-state index in [0.29, 0.717) is 12.1 Å². The highest BCUT2D eigenvalue weighted by atomic mass is 16.3. The summed E-state index contributed by atoms with van der Waals surface area (Å²) in [5, 5.41) is 0. The van der Waals surface area contributed by atoms with E-state index in [0.717, 1.165) is 11.1 Å². The van der Waals surface area contributed by atoms with Crippen molar-refractivity contribution in [2.24, 2.45) is 5.73 Å². The second-order valence-corrected chi connectivity index (χ2v) is 3.18. The van der Waals surface area contributed by atoms with E-state index in [1.165, 1.54) is 0 Å². The molecule has 0 aliphatic carbocycles. The van der Waals surface area contributed by atoms with Crippen LogP contribution in [0.15, 0.2) is 41.3 Å². The topological polar surface area (TPSA) is 69.1 Å². The molecule has 0 spiro atoms. The molecule has 2 rings (SSSR count). The van der Waals surface area contributed by atoms with Crippen LogP contribution >= 0.6 is 0 Å². The van der Waals surface area contributed by atoms with Gasteiger partial charge in [0.25, 0.3) is 5.91 Å². The zero-order valence-electron chi connectivity index (χ0n) is 8.01. The van der Waals surface area contributed by atoms with E-state index in [1.54, 1.807) is 24.8 Å². The first kappa shape index (κ1) is 9.45. The zero-order chi connectivity index (χ0) is 10.7. The predicted octanol–water partition coefficient (Wildman–Crippen LogP) is 1.36. The summed E-state index contributed by atoms with van der Waals surface area (Å²) < 4.78 is 4.95. The summed E-state index contributed by atoms with van der Waals surface area (Å²) in [6.45, 7) is 0. The number of pyridine rings is 1. The smallest absolute Gasteiger partial charge is 0.267 e. The summed E-state index contributed by atoms with van der Waals surface area (Å²) in [6, 6.07) is 5.46. The Morgan fingerprint density at radius 1 is 1.47 bits per heavy atom. The van der Waals surface area contributed by atoms with E-state index in [4.69, 9.17) is 10.2 Å². The Morgan fingerprint density at radius 2 is 2.33 bits per heavy atom. The third-order valence-corrected chi connectivity index (χ3v) is 2.10. The number of carbonyl (C=O) groups excluding carboxylic acids is 1. The molecule has 0 radical (unpaired) electrons. The van der Waals surface area contributed by atoms with Gasteiger partial charge in [0.15, 0.2) is 0 Å². The molecule has 0 saturated carbocycles. The highest BCUT2D eigenvalue weighted by molar-refractivity contribution is 5.92. The lowest BCUT2D eigenvalue weighted by atomic mass is 10.1. The van der Waals surface area contributed by atoms with Crippen molar-refractivity contribution in [1.29, 1.82) is 0 Å². The number of nitrogens with two attached hydrogens (primary N) is 1. The van der Waals surface area contributed by atoms with Crippen LogP contribution < -0.4 is 5.73 Å². The van der Waals surface area contributed by atoms with Gasteiger partial charge in [-0.3, -0.25) is 9.78 Å². The Hall–Kier alpha value is -2.10. The van der Waals surface area contributed by atoms with Crippen LogP contribution in [-0.4, -0.2) is 10.9 Å². The summed E-state index contributed by atoms with van der Waals surface area (Å²) in [7, 11) is 0. The fraction of sp³-hybridized carbons (Fsp3) is 0.0909. The standard InChI is InChI=1S/C11H10N2O2/c12-11(14)10-9(2-1-4-13-10)6-8-3-5-15-7-8/h1-5,7H,6H2,(H2,12,14). The fourth-order valence-corrected chi connectivity index (χ4v) is 1.42. The molecule has 1 amide bonds. The third kappa shape index (κ3) is 2.04. The van der Waals surface area contributed by atoms with Crippen molar-refractivity contribution in [3.8, 4) is 0 Å². The number of furan rings is 1. The van der Waals surface area contributed by atoms with Gasteiger partial charge in [0.05, 0.1) is 12.5 Å². The molecule has 0 aliphatic heterocycles. The van der Waals surface area contributed by atoms with Gasteiger partial charge in [-0.1, -0.05) is 6.07 Å². The molecule has 4 nitrogen and oxygen atoms in total. The molecule has 2 aromatic rings. The van der Waals surface area contributed by atoms with E-state index in [1.807, 2.05) is 12.1 Å². The number of aromatic nitrogens is 1. The van der Waals surface area contributed by atoms with E-state index in [9.17, 15) is 4.79 Å². The van der Waals surface area contributed by atoms with Crippen LogP contribution in [0.25, 0.3) is 0 Å². The molecule has 0 bridgehead atoms. The second-order valence-electron chi connectivity index (χ2n) is 3.18. The Bertz CT molecular complexity index is 463. The highest BCUT2D eigenvalue weighted by Crippen LogP contribution is 2.12. The van der Waals surface area contributed by atoms with Gasteiger partial charge >= 0.3 is 0 Å². The zero-order valence-corrected chi connectivity index (χ0v) is 8.01. The van der Waals surface area contributed by atoms with Crippen LogP contribution in [0.2, 0.25) is 0 Å². The normalized spacial score (nSPS) is 10.1. The lowest BCUT2D eigenvalue weighted by Crippen LogP contribution is -2.15. The molecule has 2 aromatic heterocycles. The molecule has 2 heterocycles. The minimum atomic E-state index is -0.505. The number of hydrogen-bond donors (Lipinski definition) is 1. The summed E-state index contributed by atoms with van der Waals surface area (Å²) in [5.74, 6) is -0.505. The van der Waals surface area contributed by atoms with E-state index < -0.39 is 5.91 Å². The monoisotopic (exact) mass is 202 g/mol. The van der Waals surface area contributed by atoms with Crippen molar-refractivity contribution in [2.45, 2.75) is 6.42 Å². The quantitative estimate of drug-likeness (QED) is 0.817. The molecule has 0 atom stereocenters. The van der Waals surface area contributed by atoms with Crippen molar-refractivity contribution in [3.05, 3.63) is 53.7 Å². The number of amides is 1. The molecule has 76 valence electrons. The first-order valence-corrected chi connectivity index (χ1v) is 4.52. The molecule has 4 heteroatoms. The minimum absolute atomic E-state index is 0.318. The summed E-state index contributed by atoms with van der Waals surface area (Å²) in [5.41, 5.74) is 7.34. The summed E-state index contributed by atoms with van der Waals surface area (Å²) >= 11 is 0. The number of rotatable bonds is 3. The van der Waals surface area contributed by atoms with Crippen LogP contribution in [0.3, 0.4) is 0 Å². The van der Waals surface area contributed by atoms with Crippen LogP contribution in [0.1, 0.15) is 21.6 Å². The molecule has 2 N–H and O–H groups in total. The van der Waals surface area contributed by atoms with Crippen molar-refractivity contribution in [3.63, 3.8) is 0 Å². The molecule has 0 saturated heterocycles. The average Bonchev–Trinajstić information content (AvgIpc) is 2.71. The molecule has 15 heavy (non-hydrogen) atoms. The Balaban J connectivity index is 2.32. The van der Waals surface area contributed by atoms with Crippen LogP contribution in [-0.2, 0) is 6.42 Å². The maximum absolute atomic E-state index is 11.1.